The molecule has 1 amide bonds. The average molecular weight is 305 g/mol. The number of furan rings is 1. The summed E-state index contributed by atoms with van der Waals surface area (Å²) in [5, 5.41) is 2.83. The summed E-state index contributed by atoms with van der Waals surface area (Å²) in [5.74, 6) is 0.0178. The number of nitrogens with two attached hydrogens (primary N) is 1. The number of nitrogens with one attached hydrogen (secondary N) is 1. The quantitative estimate of drug-likeness (QED) is 0.855. The lowest BCUT2D eigenvalue weighted by Gasteiger charge is -2.25. The van der Waals surface area contributed by atoms with Gasteiger partial charge >= 0.3 is 0 Å². The maximum Gasteiger partial charge on any atom is 0.254 e. The fourth-order valence-electron chi connectivity index (χ4n) is 2.21. The van der Waals surface area contributed by atoms with Crippen molar-refractivity contribution in [2.45, 2.75) is 12.6 Å². The zero-order valence-electron chi connectivity index (χ0n) is 12.7. The highest BCUT2D eigenvalue weighted by atomic mass is 19.1. The highest BCUT2D eigenvalue weighted by molar-refractivity contribution is 5.94. The lowest BCUT2D eigenvalue weighted by atomic mass is 10.1. The first-order valence-corrected chi connectivity index (χ1v) is 6.99. The maximum atomic E-state index is 13.4. The van der Waals surface area contributed by atoms with E-state index in [9.17, 15) is 9.18 Å². The van der Waals surface area contributed by atoms with Crippen LogP contribution in [-0.2, 0) is 6.54 Å². The molecule has 0 aliphatic carbocycles. The van der Waals surface area contributed by atoms with E-state index in [-0.39, 0.29) is 24.3 Å². The summed E-state index contributed by atoms with van der Waals surface area (Å²) in [6, 6.07) is 7.86. The largest absolute Gasteiger partial charge is 0.467 e. The first-order chi connectivity index (χ1) is 10.5. The van der Waals surface area contributed by atoms with Gasteiger partial charge in [0.05, 0.1) is 18.2 Å². The van der Waals surface area contributed by atoms with E-state index in [1.165, 1.54) is 18.4 Å². The number of carbonyl (C=O) groups is 1. The van der Waals surface area contributed by atoms with Gasteiger partial charge in [0.1, 0.15) is 17.8 Å². The van der Waals surface area contributed by atoms with Crippen LogP contribution in [0.5, 0.6) is 0 Å². The normalized spacial score (nSPS) is 12.4. The van der Waals surface area contributed by atoms with Crippen molar-refractivity contribution in [1.29, 1.82) is 0 Å². The zero-order valence-corrected chi connectivity index (χ0v) is 12.7. The molecule has 1 aromatic carbocycles. The zero-order chi connectivity index (χ0) is 16.1. The number of rotatable bonds is 6. The predicted molar refractivity (Wildman–Crippen MR) is 81.8 cm³/mol. The minimum absolute atomic E-state index is 0.125. The number of benzene rings is 1. The molecule has 0 aliphatic rings. The van der Waals surface area contributed by atoms with E-state index < -0.39 is 0 Å². The van der Waals surface area contributed by atoms with Crippen molar-refractivity contribution in [3.8, 4) is 0 Å². The molecule has 5 nitrogen and oxygen atoms in total. The fraction of sp³-hybridized carbons (Fsp3) is 0.312. The highest BCUT2D eigenvalue weighted by Crippen LogP contribution is 2.18. The minimum Gasteiger partial charge on any atom is -0.467 e. The van der Waals surface area contributed by atoms with Crippen molar-refractivity contribution in [2.24, 2.45) is 5.73 Å². The van der Waals surface area contributed by atoms with Crippen LogP contribution >= 0.6 is 0 Å². The van der Waals surface area contributed by atoms with E-state index in [1.54, 1.807) is 12.1 Å². The molecule has 0 spiro atoms. The summed E-state index contributed by atoms with van der Waals surface area (Å²) in [6.07, 6.45) is 1.38. The Kier molecular flexibility index (Phi) is 5.30. The first kappa shape index (κ1) is 16.2. The topological polar surface area (TPSA) is 71.5 Å². The molecular weight excluding hydrogens is 285 g/mol. The van der Waals surface area contributed by atoms with Gasteiger partial charge in [-0.1, -0.05) is 12.1 Å². The van der Waals surface area contributed by atoms with Crippen molar-refractivity contribution in [1.82, 2.24) is 10.2 Å². The summed E-state index contributed by atoms with van der Waals surface area (Å²) in [6.45, 7) is 0.606. The summed E-state index contributed by atoms with van der Waals surface area (Å²) in [5.41, 5.74) is 6.68. The van der Waals surface area contributed by atoms with Crippen molar-refractivity contribution >= 4 is 5.91 Å². The Morgan fingerprint density at radius 1 is 1.41 bits per heavy atom. The lowest BCUT2D eigenvalue weighted by molar-refractivity contribution is 0.0941. The molecular formula is C16H20FN3O2. The van der Waals surface area contributed by atoms with E-state index in [0.717, 1.165) is 5.56 Å². The van der Waals surface area contributed by atoms with Crippen LogP contribution < -0.4 is 11.1 Å². The average Bonchev–Trinajstić information content (AvgIpc) is 2.96. The van der Waals surface area contributed by atoms with Crippen LogP contribution in [0.15, 0.2) is 41.0 Å². The molecule has 1 unspecified atom stereocenters. The van der Waals surface area contributed by atoms with Gasteiger partial charge in [0.15, 0.2) is 0 Å². The molecule has 1 heterocycles. The molecule has 0 aliphatic heterocycles. The second-order valence-corrected chi connectivity index (χ2v) is 5.25. The number of halogens is 1. The number of hydrogen-bond acceptors (Lipinski definition) is 4. The van der Waals surface area contributed by atoms with Gasteiger partial charge < -0.3 is 20.4 Å². The van der Waals surface area contributed by atoms with E-state index >= 15 is 0 Å². The van der Waals surface area contributed by atoms with Crippen LogP contribution in [0.2, 0.25) is 0 Å². The van der Waals surface area contributed by atoms with Gasteiger partial charge in [0.25, 0.3) is 5.91 Å². The smallest absolute Gasteiger partial charge is 0.254 e. The van der Waals surface area contributed by atoms with Crippen LogP contribution in [0, 0.1) is 5.82 Å². The highest BCUT2D eigenvalue weighted by Gasteiger charge is 2.17. The Balaban J connectivity index is 2.04. The summed E-state index contributed by atoms with van der Waals surface area (Å²) in [4.78, 5) is 14.0. The number of nitrogens with zero attached hydrogens (tertiary/aromatic N) is 1. The number of carbonyl (C=O) groups excluding carboxylic acids is 1. The van der Waals surface area contributed by atoms with Crippen molar-refractivity contribution in [3.05, 3.63) is 59.3 Å². The van der Waals surface area contributed by atoms with Gasteiger partial charge in [0, 0.05) is 6.54 Å². The molecule has 6 heteroatoms. The van der Waals surface area contributed by atoms with Crippen LogP contribution in [0.1, 0.15) is 27.7 Å². The standard InChI is InChI=1S/C16H20FN3O2/c1-20(2)15(11-4-3-5-13(17)6-11)9-19-16(21)12-7-14(8-18)22-10-12/h3-7,10,15H,8-9,18H2,1-2H3,(H,19,21). The van der Waals surface area contributed by atoms with E-state index in [4.69, 9.17) is 10.2 Å². The second kappa shape index (κ2) is 7.20. The van der Waals surface area contributed by atoms with Crippen molar-refractivity contribution < 1.29 is 13.6 Å². The molecule has 0 radical (unpaired) electrons. The number of amides is 1. The van der Waals surface area contributed by atoms with E-state index in [1.807, 2.05) is 25.1 Å². The third kappa shape index (κ3) is 3.93. The summed E-state index contributed by atoms with van der Waals surface area (Å²) in [7, 11) is 3.76. The van der Waals surface area contributed by atoms with Crippen molar-refractivity contribution in [3.63, 3.8) is 0 Å². The molecule has 22 heavy (non-hydrogen) atoms. The third-order valence-electron chi connectivity index (χ3n) is 3.43. The molecule has 2 rings (SSSR count). The van der Waals surface area contributed by atoms with Crippen molar-refractivity contribution in [2.75, 3.05) is 20.6 Å². The third-order valence-corrected chi connectivity index (χ3v) is 3.43. The Labute approximate surface area is 128 Å². The lowest BCUT2D eigenvalue weighted by Crippen LogP contribution is -2.34. The Bertz CT molecular complexity index is 640. The molecule has 0 saturated carbocycles. The van der Waals surface area contributed by atoms with E-state index in [2.05, 4.69) is 5.32 Å². The summed E-state index contributed by atoms with van der Waals surface area (Å²) >= 11 is 0. The minimum atomic E-state index is -0.293. The number of hydrogen-bond donors (Lipinski definition) is 2. The monoisotopic (exact) mass is 305 g/mol. The molecule has 118 valence electrons. The van der Waals surface area contributed by atoms with Crippen LogP contribution in [0.3, 0.4) is 0 Å². The predicted octanol–water partition coefficient (Wildman–Crippen LogP) is 1.91. The molecule has 2 aromatic rings. The Morgan fingerprint density at radius 2 is 2.18 bits per heavy atom. The summed E-state index contributed by atoms with van der Waals surface area (Å²) < 4.78 is 18.5. The van der Waals surface area contributed by atoms with Gasteiger partial charge in [-0.3, -0.25) is 4.79 Å². The van der Waals surface area contributed by atoms with Crippen LogP contribution in [-0.4, -0.2) is 31.4 Å². The van der Waals surface area contributed by atoms with Gasteiger partial charge in [-0.05, 0) is 37.9 Å². The Hall–Kier alpha value is -2.18. The molecule has 0 saturated heterocycles. The molecule has 1 aromatic heterocycles. The fourth-order valence-corrected chi connectivity index (χ4v) is 2.21. The van der Waals surface area contributed by atoms with Crippen LogP contribution in [0.25, 0.3) is 0 Å². The first-order valence-electron chi connectivity index (χ1n) is 6.99. The number of likely N-dealkylation sites (N-methyl/N-ethyl adjacent to an activating group) is 1. The SMILES string of the molecule is CN(C)C(CNC(=O)c1coc(CN)c1)c1cccc(F)c1. The molecule has 0 bridgehead atoms. The van der Waals surface area contributed by atoms with Gasteiger partial charge in [-0.2, -0.15) is 0 Å². The van der Waals surface area contributed by atoms with Gasteiger partial charge in [0.2, 0.25) is 0 Å². The second-order valence-electron chi connectivity index (χ2n) is 5.25. The van der Waals surface area contributed by atoms with Gasteiger partial charge in [-0.25, -0.2) is 4.39 Å². The Morgan fingerprint density at radius 3 is 2.77 bits per heavy atom. The van der Waals surface area contributed by atoms with Crippen LogP contribution in [0.4, 0.5) is 4.39 Å². The molecule has 0 fully saturated rings. The van der Waals surface area contributed by atoms with Gasteiger partial charge in [-0.15, -0.1) is 0 Å². The maximum absolute atomic E-state index is 13.4. The van der Waals surface area contributed by atoms with E-state index in [0.29, 0.717) is 17.9 Å². The molecule has 1 atom stereocenters. The molecule has 3 N–H and O–H groups in total.